The molecule has 0 unspecified atom stereocenters. The summed E-state index contributed by atoms with van der Waals surface area (Å²) in [5.74, 6) is 0.613. The van der Waals surface area contributed by atoms with Gasteiger partial charge in [-0.2, -0.15) is 0 Å². The number of rotatable bonds is 4. The van der Waals surface area contributed by atoms with E-state index in [-0.39, 0.29) is 5.84 Å². The molecular formula is C14H13ClN2O. The minimum absolute atomic E-state index is 0.00158. The average molecular weight is 261 g/mol. The van der Waals surface area contributed by atoms with Gasteiger partial charge in [0.15, 0.2) is 0 Å². The Labute approximate surface area is 111 Å². The van der Waals surface area contributed by atoms with Crippen LogP contribution in [0.3, 0.4) is 0 Å². The highest BCUT2D eigenvalue weighted by Crippen LogP contribution is 2.19. The van der Waals surface area contributed by atoms with Crippen molar-refractivity contribution in [3.8, 4) is 5.75 Å². The molecule has 0 atom stereocenters. The van der Waals surface area contributed by atoms with Crippen LogP contribution in [0.1, 0.15) is 11.1 Å². The summed E-state index contributed by atoms with van der Waals surface area (Å²) in [7, 11) is 0. The highest BCUT2D eigenvalue weighted by molar-refractivity contribution is 6.30. The van der Waals surface area contributed by atoms with Crippen molar-refractivity contribution in [1.29, 1.82) is 5.41 Å². The Morgan fingerprint density at radius 3 is 2.44 bits per heavy atom. The van der Waals surface area contributed by atoms with Crippen LogP contribution in [0.15, 0.2) is 48.5 Å². The number of para-hydroxylation sites is 1. The molecule has 0 fully saturated rings. The van der Waals surface area contributed by atoms with Gasteiger partial charge in [-0.3, -0.25) is 5.41 Å². The van der Waals surface area contributed by atoms with Crippen molar-refractivity contribution in [3.05, 3.63) is 64.7 Å². The first-order valence-corrected chi connectivity index (χ1v) is 5.85. The summed E-state index contributed by atoms with van der Waals surface area (Å²) in [5, 5.41) is 8.16. The maximum atomic E-state index is 7.47. The van der Waals surface area contributed by atoms with Crippen molar-refractivity contribution in [2.75, 3.05) is 0 Å². The molecule has 0 bridgehead atoms. The molecule has 18 heavy (non-hydrogen) atoms. The van der Waals surface area contributed by atoms with Crippen molar-refractivity contribution >= 4 is 17.4 Å². The van der Waals surface area contributed by atoms with E-state index in [1.165, 1.54) is 0 Å². The van der Waals surface area contributed by atoms with E-state index in [0.29, 0.717) is 22.9 Å². The molecule has 0 saturated heterocycles. The van der Waals surface area contributed by atoms with E-state index in [1.54, 1.807) is 12.1 Å². The van der Waals surface area contributed by atoms with E-state index in [4.69, 9.17) is 27.5 Å². The molecule has 0 saturated carbocycles. The van der Waals surface area contributed by atoms with Crippen molar-refractivity contribution in [2.45, 2.75) is 6.61 Å². The zero-order chi connectivity index (χ0) is 13.0. The second-order valence-corrected chi connectivity index (χ2v) is 4.26. The average Bonchev–Trinajstić information content (AvgIpc) is 2.38. The van der Waals surface area contributed by atoms with Crippen molar-refractivity contribution < 1.29 is 4.74 Å². The number of benzene rings is 2. The Morgan fingerprint density at radius 2 is 1.78 bits per heavy atom. The Hall–Kier alpha value is -2.00. The number of nitrogen functional groups attached to an aromatic ring is 1. The lowest BCUT2D eigenvalue weighted by molar-refractivity contribution is 0.305. The van der Waals surface area contributed by atoms with Gasteiger partial charge in [0.2, 0.25) is 0 Å². The Morgan fingerprint density at radius 1 is 1.11 bits per heavy atom. The van der Waals surface area contributed by atoms with Gasteiger partial charge in [0, 0.05) is 5.02 Å². The number of ether oxygens (including phenoxy) is 1. The predicted octanol–water partition coefficient (Wildman–Crippen LogP) is 3.20. The normalized spacial score (nSPS) is 10.1. The lowest BCUT2D eigenvalue weighted by atomic mass is 10.2. The van der Waals surface area contributed by atoms with Crippen molar-refractivity contribution in [2.24, 2.45) is 5.73 Å². The molecule has 0 aliphatic carbocycles. The molecule has 0 amide bonds. The molecule has 2 aromatic carbocycles. The quantitative estimate of drug-likeness (QED) is 0.655. The first-order chi connectivity index (χ1) is 8.66. The highest BCUT2D eigenvalue weighted by Gasteiger charge is 2.05. The summed E-state index contributed by atoms with van der Waals surface area (Å²) in [4.78, 5) is 0. The van der Waals surface area contributed by atoms with Gasteiger partial charge in [0.1, 0.15) is 18.2 Å². The number of nitrogens with one attached hydrogen (secondary N) is 1. The van der Waals surface area contributed by atoms with Crippen LogP contribution < -0.4 is 10.5 Å². The van der Waals surface area contributed by atoms with Crippen LogP contribution >= 0.6 is 11.6 Å². The second-order valence-electron chi connectivity index (χ2n) is 3.82. The first-order valence-electron chi connectivity index (χ1n) is 5.47. The van der Waals surface area contributed by atoms with E-state index in [2.05, 4.69) is 0 Å². The van der Waals surface area contributed by atoms with Crippen LogP contribution in [0.4, 0.5) is 0 Å². The molecule has 0 heterocycles. The minimum atomic E-state index is 0.00158. The third-order valence-corrected chi connectivity index (χ3v) is 2.74. The largest absolute Gasteiger partial charge is 0.488 e. The molecule has 0 aliphatic rings. The van der Waals surface area contributed by atoms with E-state index in [1.807, 2.05) is 36.4 Å². The monoisotopic (exact) mass is 260 g/mol. The van der Waals surface area contributed by atoms with Crippen LogP contribution in [0.5, 0.6) is 5.75 Å². The molecule has 2 rings (SSSR count). The number of amidine groups is 1. The van der Waals surface area contributed by atoms with Crippen molar-refractivity contribution in [3.63, 3.8) is 0 Å². The molecule has 0 aromatic heterocycles. The fourth-order valence-electron chi connectivity index (χ4n) is 1.56. The summed E-state index contributed by atoms with van der Waals surface area (Å²) in [6.07, 6.45) is 0. The fourth-order valence-corrected chi connectivity index (χ4v) is 1.68. The second kappa shape index (κ2) is 5.56. The molecule has 3 nitrogen and oxygen atoms in total. The van der Waals surface area contributed by atoms with E-state index >= 15 is 0 Å². The van der Waals surface area contributed by atoms with Gasteiger partial charge in [-0.1, -0.05) is 35.9 Å². The highest BCUT2D eigenvalue weighted by atomic mass is 35.5. The van der Waals surface area contributed by atoms with Crippen LogP contribution in [0, 0.1) is 5.41 Å². The maximum Gasteiger partial charge on any atom is 0.130 e. The molecule has 92 valence electrons. The summed E-state index contributed by atoms with van der Waals surface area (Å²) in [6.45, 7) is 0.418. The third kappa shape index (κ3) is 3.02. The summed E-state index contributed by atoms with van der Waals surface area (Å²) >= 11 is 5.81. The van der Waals surface area contributed by atoms with E-state index in [0.717, 1.165) is 5.56 Å². The number of halogens is 1. The van der Waals surface area contributed by atoms with Crippen LogP contribution in [-0.2, 0) is 6.61 Å². The van der Waals surface area contributed by atoms with Crippen LogP contribution in [-0.4, -0.2) is 5.84 Å². The van der Waals surface area contributed by atoms with Crippen LogP contribution in [0.2, 0.25) is 5.02 Å². The summed E-state index contributed by atoms with van der Waals surface area (Å²) in [5.41, 5.74) is 7.10. The molecular weight excluding hydrogens is 248 g/mol. The molecule has 2 aromatic rings. The molecule has 0 aliphatic heterocycles. The molecule has 0 radical (unpaired) electrons. The van der Waals surface area contributed by atoms with Gasteiger partial charge in [-0.25, -0.2) is 0 Å². The Kier molecular flexibility index (Phi) is 3.85. The van der Waals surface area contributed by atoms with Gasteiger partial charge < -0.3 is 10.5 Å². The smallest absolute Gasteiger partial charge is 0.130 e. The van der Waals surface area contributed by atoms with Gasteiger partial charge in [0.05, 0.1) is 5.56 Å². The molecule has 0 spiro atoms. The fraction of sp³-hybridized carbons (Fsp3) is 0.0714. The van der Waals surface area contributed by atoms with Gasteiger partial charge in [-0.05, 0) is 29.8 Å². The lowest BCUT2D eigenvalue weighted by Crippen LogP contribution is -2.12. The SMILES string of the molecule is N=C(N)c1ccccc1OCc1ccc(Cl)cc1. The molecule has 4 heteroatoms. The minimum Gasteiger partial charge on any atom is -0.488 e. The number of nitrogens with two attached hydrogens (primary N) is 1. The third-order valence-electron chi connectivity index (χ3n) is 2.48. The Balaban J connectivity index is 2.10. The number of hydrogen-bond acceptors (Lipinski definition) is 2. The standard InChI is InChI=1S/C14H13ClN2O/c15-11-7-5-10(6-8-11)9-18-13-4-2-1-3-12(13)14(16)17/h1-8H,9H2,(H3,16,17). The lowest BCUT2D eigenvalue weighted by Gasteiger charge is -2.10. The van der Waals surface area contributed by atoms with Gasteiger partial charge in [0.25, 0.3) is 0 Å². The topological polar surface area (TPSA) is 59.1 Å². The van der Waals surface area contributed by atoms with Gasteiger partial charge in [-0.15, -0.1) is 0 Å². The van der Waals surface area contributed by atoms with Crippen LogP contribution in [0.25, 0.3) is 0 Å². The maximum absolute atomic E-state index is 7.47. The summed E-state index contributed by atoms with van der Waals surface area (Å²) < 4.78 is 5.66. The Bertz CT molecular complexity index is 552. The zero-order valence-electron chi connectivity index (χ0n) is 9.69. The van der Waals surface area contributed by atoms with Crippen molar-refractivity contribution in [1.82, 2.24) is 0 Å². The number of hydrogen-bond donors (Lipinski definition) is 2. The summed E-state index contributed by atoms with van der Waals surface area (Å²) in [6, 6.07) is 14.7. The first kappa shape index (κ1) is 12.5. The van der Waals surface area contributed by atoms with E-state index < -0.39 is 0 Å². The van der Waals surface area contributed by atoms with Gasteiger partial charge >= 0.3 is 0 Å². The van der Waals surface area contributed by atoms with E-state index in [9.17, 15) is 0 Å². The predicted molar refractivity (Wildman–Crippen MR) is 73.2 cm³/mol. The molecule has 3 N–H and O–H groups in total. The zero-order valence-corrected chi connectivity index (χ0v) is 10.4.